The van der Waals surface area contributed by atoms with Gasteiger partial charge in [0.1, 0.15) is 0 Å². The molecule has 1 aromatic heterocycles. The number of aromatic nitrogens is 3. The van der Waals surface area contributed by atoms with Crippen LogP contribution in [0.25, 0.3) is 0 Å². The Morgan fingerprint density at radius 3 is 2.60 bits per heavy atom. The quantitative estimate of drug-likeness (QED) is 0.756. The third kappa shape index (κ3) is 4.19. The zero-order chi connectivity index (χ0) is 14.2. The van der Waals surface area contributed by atoms with Crippen molar-refractivity contribution in [3.63, 3.8) is 0 Å². The number of hydrogen-bond donors (Lipinski definition) is 1. The molecule has 7 nitrogen and oxygen atoms in total. The molecule has 0 aliphatic carbocycles. The van der Waals surface area contributed by atoms with E-state index in [0.717, 1.165) is 19.5 Å². The molecule has 0 saturated carbocycles. The Hall–Kier alpha value is -1.63. The van der Waals surface area contributed by atoms with Gasteiger partial charge >= 0.3 is 6.01 Å². The highest BCUT2D eigenvalue weighted by molar-refractivity contribution is 5.38. The summed E-state index contributed by atoms with van der Waals surface area (Å²) in [5.41, 5.74) is 0. The lowest BCUT2D eigenvalue weighted by molar-refractivity contribution is 0.168. The van der Waals surface area contributed by atoms with Gasteiger partial charge in [-0.1, -0.05) is 0 Å². The predicted octanol–water partition coefficient (Wildman–Crippen LogP) is 1.32. The number of hydrogen-bond acceptors (Lipinski definition) is 7. The van der Waals surface area contributed by atoms with E-state index in [1.54, 1.807) is 14.2 Å². The molecule has 1 saturated heterocycles. The highest BCUT2D eigenvalue weighted by Gasteiger charge is 2.16. The number of rotatable bonds is 7. The summed E-state index contributed by atoms with van der Waals surface area (Å²) in [6.45, 7) is 3.20. The first-order valence-electron chi connectivity index (χ1n) is 7.14. The Bertz CT molecular complexity index is 410. The van der Waals surface area contributed by atoms with Crippen LogP contribution in [0.15, 0.2) is 0 Å². The number of methoxy groups -OCH3 is 1. The molecule has 0 unspecified atom stereocenters. The fraction of sp³-hybridized carbons (Fsp3) is 0.769. The summed E-state index contributed by atoms with van der Waals surface area (Å²) in [6, 6.07) is 0.376. The maximum Gasteiger partial charge on any atom is 0.323 e. The van der Waals surface area contributed by atoms with Crippen molar-refractivity contribution in [1.82, 2.24) is 15.0 Å². The second-order valence-electron chi connectivity index (χ2n) is 4.73. The van der Waals surface area contributed by atoms with Crippen molar-refractivity contribution in [3.8, 4) is 6.01 Å². The molecule has 2 rings (SSSR count). The van der Waals surface area contributed by atoms with Crippen LogP contribution in [0, 0.1) is 0 Å². The SMILES string of the molecule is CNc1nc(OCCCOC)nc(N2CCCCC2)n1. The van der Waals surface area contributed by atoms with Gasteiger partial charge in [0.05, 0.1) is 6.61 Å². The minimum Gasteiger partial charge on any atom is -0.463 e. The molecule has 20 heavy (non-hydrogen) atoms. The molecule has 0 spiro atoms. The van der Waals surface area contributed by atoms with Gasteiger partial charge in [0, 0.05) is 40.3 Å². The van der Waals surface area contributed by atoms with Crippen LogP contribution in [0.3, 0.4) is 0 Å². The molecule has 0 atom stereocenters. The summed E-state index contributed by atoms with van der Waals surface area (Å²) in [5.74, 6) is 1.24. The largest absolute Gasteiger partial charge is 0.463 e. The Morgan fingerprint density at radius 2 is 1.90 bits per heavy atom. The monoisotopic (exact) mass is 281 g/mol. The van der Waals surface area contributed by atoms with Crippen LogP contribution in [0.1, 0.15) is 25.7 Å². The van der Waals surface area contributed by atoms with Gasteiger partial charge in [-0.2, -0.15) is 15.0 Å². The van der Waals surface area contributed by atoms with Crippen molar-refractivity contribution in [1.29, 1.82) is 0 Å². The third-order valence-corrected chi connectivity index (χ3v) is 3.19. The van der Waals surface area contributed by atoms with Crippen LogP contribution < -0.4 is 15.0 Å². The average molecular weight is 281 g/mol. The maximum absolute atomic E-state index is 5.57. The molecular formula is C13H23N5O2. The third-order valence-electron chi connectivity index (χ3n) is 3.19. The number of anilines is 2. The van der Waals surface area contributed by atoms with Gasteiger partial charge in [-0.25, -0.2) is 0 Å². The number of ether oxygens (including phenoxy) is 2. The number of nitrogens with zero attached hydrogens (tertiary/aromatic N) is 4. The van der Waals surface area contributed by atoms with E-state index in [0.29, 0.717) is 31.1 Å². The Balaban J connectivity index is 2.03. The summed E-state index contributed by atoms with van der Waals surface area (Å²) >= 11 is 0. The summed E-state index contributed by atoms with van der Waals surface area (Å²) in [4.78, 5) is 15.2. The molecule has 1 N–H and O–H groups in total. The topological polar surface area (TPSA) is 72.4 Å². The average Bonchev–Trinajstić information content (AvgIpc) is 2.52. The molecule has 7 heteroatoms. The van der Waals surface area contributed by atoms with Gasteiger partial charge in [-0.15, -0.1) is 0 Å². The standard InChI is InChI=1S/C13H23N5O2/c1-14-11-15-12(18-7-4-3-5-8-18)17-13(16-11)20-10-6-9-19-2/h3-10H2,1-2H3,(H,14,15,16,17). The molecular weight excluding hydrogens is 258 g/mol. The van der Waals surface area contributed by atoms with Crippen LogP contribution in [0.5, 0.6) is 6.01 Å². The number of nitrogens with one attached hydrogen (secondary N) is 1. The van der Waals surface area contributed by atoms with Crippen molar-refractivity contribution >= 4 is 11.9 Å². The normalized spacial score (nSPS) is 15.2. The van der Waals surface area contributed by atoms with Crippen LogP contribution in [0.4, 0.5) is 11.9 Å². The first kappa shape index (κ1) is 14.8. The van der Waals surface area contributed by atoms with Gasteiger partial charge in [0.2, 0.25) is 11.9 Å². The Morgan fingerprint density at radius 1 is 1.10 bits per heavy atom. The van der Waals surface area contributed by atoms with Crippen molar-refractivity contribution in [2.75, 3.05) is 50.7 Å². The molecule has 0 bridgehead atoms. The summed E-state index contributed by atoms with van der Waals surface area (Å²) in [5, 5.41) is 2.95. The van der Waals surface area contributed by atoms with Crippen molar-refractivity contribution < 1.29 is 9.47 Å². The minimum atomic E-state index is 0.376. The van der Waals surface area contributed by atoms with Crippen LogP contribution in [0.2, 0.25) is 0 Å². The highest BCUT2D eigenvalue weighted by atomic mass is 16.5. The van der Waals surface area contributed by atoms with Crippen molar-refractivity contribution in [3.05, 3.63) is 0 Å². The minimum absolute atomic E-state index is 0.376. The highest BCUT2D eigenvalue weighted by Crippen LogP contribution is 2.19. The molecule has 1 fully saturated rings. The molecule has 112 valence electrons. The van der Waals surface area contributed by atoms with E-state index < -0.39 is 0 Å². The van der Waals surface area contributed by atoms with E-state index in [4.69, 9.17) is 9.47 Å². The summed E-state index contributed by atoms with van der Waals surface area (Å²) < 4.78 is 10.6. The number of piperidine rings is 1. The first-order valence-corrected chi connectivity index (χ1v) is 7.14. The van der Waals surface area contributed by atoms with Crippen LogP contribution >= 0.6 is 0 Å². The van der Waals surface area contributed by atoms with Crippen molar-refractivity contribution in [2.45, 2.75) is 25.7 Å². The molecule has 1 aromatic rings. The summed E-state index contributed by atoms with van der Waals surface area (Å²) in [7, 11) is 3.47. The van der Waals surface area contributed by atoms with E-state index in [2.05, 4.69) is 25.2 Å². The zero-order valence-electron chi connectivity index (χ0n) is 12.3. The van der Waals surface area contributed by atoms with E-state index in [1.165, 1.54) is 19.3 Å². The lowest BCUT2D eigenvalue weighted by atomic mass is 10.1. The molecule has 0 radical (unpaired) electrons. The Labute approximate surface area is 119 Å². The molecule has 1 aliphatic heterocycles. The van der Waals surface area contributed by atoms with Crippen molar-refractivity contribution in [2.24, 2.45) is 0 Å². The molecule has 1 aliphatic rings. The van der Waals surface area contributed by atoms with Gasteiger partial charge in [-0.05, 0) is 19.3 Å². The first-order chi connectivity index (χ1) is 9.83. The van der Waals surface area contributed by atoms with E-state index >= 15 is 0 Å². The lowest BCUT2D eigenvalue weighted by Crippen LogP contribution is -2.31. The van der Waals surface area contributed by atoms with E-state index in [-0.39, 0.29) is 0 Å². The Kier molecular flexibility index (Phi) is 5.79. The fourth-order valence-corrected chi connectivity index (χ4v) is 2.12. The van der Waals surface area contributed by atoms with E-state index in [1.807, 2.05) is 0 Å². The van der Waals surface area contributed by atoms with Gasteiger partial charge in [0.25, 0.3) is 0 Å². The second-order valence-corrected chi connectivity index (χ2v) is 4.73. The van der Waals surface area contributed by atoms with Gasteiger partial charge < -0.3 is 19.7 Å². The molecule has 0 amide bonds. The summed E-state index contributed by atoms with van der Waals surface area (Å²) in [6.07, 6.45) is 4.46. The predicted molar refractivity (Wildman–Crippen MR) is 77.4 cm³/mol. The molecule has 2 heterocycles. The second kappa shape index (κ2) is 7.84. The van der Waals surface area contributed by atoms with Gasteiger partial charge in [0.15, 0.2) is 0 Å². The molecule has 0 aromatic carbocycles. The fourth-order valence-electron chi connectivity index (χ4n) is 2.12. The zero-order valence-corrected chi connectivity index (χ0v) is 12.3. The van der Waals surface area contributed by atoms with E-state index in [9.17, 15) is 0 Å². The van der Waals surface area contributed by atoms with Crippen LogP contribution in [-0.4, -0.2) is 55.4 Å². The maximum atomic E-state index is 5.57. The van der Waals surface area contributed by atoms with Gasteiger partial charge in [-0.3, -0.25) is 0 Å². The lowest BCUT2D eigenvalue weighted by Gasteiger charge is -2.26. The van der Waals surface area contributed by atoms with Crippen LogP contribution in [-0.2, 0) is 4.74 Å². The smallest absolute Gasteiger partial charge is 0.323 e.